The van der Waals surface area contributed by atoms with E-state index in [1.54, 1.807) is 4.90 Å². The summed E-state index contributed by atoms with van der Waals surface area (Å²) in [6, 6.07) is -0.422. The molecule has 6 heteroatoms. The summed E-state index contributed by atoms with van der Waals surface area (Å²) in [7, 11) is 1.33. The summed E-state index contributed by atoms with van der Waals surface area (Å²) < 4.78 is 18.6. The molecule has 17 heavy (non-hydrogen) atoms. The molecule has 1 fully saturated rings. The van der Waals surface area contributed by atoms with Gasteiger partial charge in [0.15, 0.2) is 11.6 Å². The summed E-state index contributed by atoms with van der Waals surface area (Å²) in [5, 5.41) is 0. The highest BCUT2D eigenvalue weighted by Gasteiger charge is 2.37. The van der Waals surface area contributed by atoms with Gasteiger partial charge in [-0.15, -0.1) is 0 Å². The summed E-state index contributed by atoms with van der Waals surface area (Å²) in [5.41, 5.74) is 0.366. The van der Waals surface area contributed by atoms with Crippen LogP contribution >= 0.6 is 0 Å². The molecule has 1 aliphatic heterocycles. The van der Waals surface area contributed by atoms with E-state index in [4.69, 9.17) is 0 Å². The Labute approximate surface area is 98.6 Å². The molecule has 0 radical (unpaired) electrons. The molecule has 0 bridgehead atoms. The minimum atomic E-state index is -0.441. The highest BCUT2D eigenvalue weighted by atomic mass is 19.1. The van der Waals surface area contributed by atoms with Gasteiger partial charge < -0.3 is 9.64 Å². The summed E-state index contributed by atoms with van der Waals surface area (Å²) >= 11 is 0. The third-order valence-corrected chi connectivity index (χ3v) is 2.94. The zero-order valence-corrected chi connectivity index (χ0v) is 9.81. The van der Waals surface area contributed by atoms with Crippen LogP contribution in [0.4, 0.5) is 10.2 Å². The fraction of sp³-hybridized carbons (Fsp3) is 0.545. The number of esters is 1. The van der Waals surface area contributed by atoms with Crippen molar-refractivity contribution in [3.05, 3.63) is 17.8 Å². The Bertz CT molecular complexity index is 439. The molecule has 0 saturated carbocycles. The Morgan fingerprint density at radius 3 is 2.94 bits per heavy atom. The molecule has 1 aromatic heterocycles. The average molecular weight is 239 g/mol. The van der Waals surface area contributed by atoms with Crippen molar-refractivity contribution in [2.24, 2.45) is 0 Å². The van der Waals surface area contributed by atoms with Gasteiger partial charge in [0.1, 0.15) is 12.4 Å². The van der Waals surface area contributed by atoms with E-state index in [9.17, 15) is 9.18 Å². The number of hydrogen-bond donors (Lipinski definition) is 0. The quantitative estimate of drug-likeness (QED) is 0.734. The normalized spacial score (nSPS) is 18.8. The second-order valence-corrected chi connectivity index (χ2v) is 3.83. The molecule has 0 aromatic carbocycles. The molecule has 0 spiro atoms. The molecule has 1 aliphatic rings. The fourth-order valence-electron chi connectivity index (χ4n) is 1.86. The van der Waals surface area contributed by atoms with Gasteiger partial charge in [-0.05, 0) is 12.8 Å². The van der Waals surface area contributed by atoms with Crippen LogP contribution in [0.1, 0.15) is 19.0 Å². The van der Waals surface area contributed by atoms with Crippen LogP contribution in [0.5, 0.6) is 0 Å². The van der Waals surface area contributed by atoms with Gasteiger partial charge in [-0.3, -0.25) is 0 Å². The fourth-order valence-corrected chi connectivity index (χ4v) is 1.86. The van der Waals surface area contributed by atoms with Crippen LogP contribution in [0.2, 0.25) is 0 Å². The topological polar surface area (TPSA) is 55.3 Å². The van der Waals surface area contributed by atoms with E-state index in [0.717, 1.165) is 0 Å². The minimum Gasteiger partial charge on any atom is -0.467 e. The summed E-state index contributed by atoms with van der Waals surface area (Å²) in [4.78, 5) is 20.8. The number of aromatic nitrogens is 2. The van der Waals surface area contributed by atoms with Gasteiger partial charge >= 0.3 is 5.97 Å². The first kappa shape index (κ1) is 11.8. The first-order chi connectivity index (χ1) is 8.19. The maximum absolute atomic E-state index is 14.0. The molecule has 1 atom stereocenters. The number of nitrogens with zero attached hydrogens (tertiary/aromatic N) is 3. The molecule has 92 valence electrons. The van der Waals surface area contributed by atoms with Gasteiger partial charge in [0, 0.05) is 6.54 Å². The minimum absolute atomic E-state index is 0.193. The zero-order chi connectivity index (χ0) is 12.4. The lowest BCUT2D eigenvalue weighted by molar-refractivity contribution is -0.143. The van der Waals surface area contributed by atoms with Crippen molar-refractivity contribution in [1.82, 2.24) is 9.97 Å². The Hall–Kier alpha value is -1.72. The Kier molecular flexibility index (Phi) is 3.21. The van der Waals surface area contributed by atoms with Crippen molar-refractivity contribution in [2.45, 2.75) is 25.8 Å². The van der Waals surface area contributed by atoms with Crippen molar-refractivity contribution in [1.29, 1.82) is 0 Å². The third-order valence-electron chi connectivity index (χ3n) is 2.94. The summed E-state index contributed by atoms with van der Waals surface area (Å²) in [5.74, 6) is -0.602. The van der Waals surface area contributed by atoms with E-state index in [1.807, 2.05) is 6.92 Å². The molecule has 1 aromatic rings. The van der Waals surface area contributed by atoms with Crippen LogP contribution in [-0.2, 0) is 16.0 Å². The molecule has 1 unspecified atom stereocenters. The molecule has 5 nitrogen and oxygen atoms in total. The summed E-state index contributed by atoms with van der Waals surface area (Å²) in [6.07, 6.45) is 2.49. The highest BCUT2D eigenvalue weighted by Crippen LogP contribution is 2.28. The lowest BCUT2D eigenvalue weighted by atomic mass is 10.0. The van der Waals surface area contributed by atoms with Crippen molar-refractivity contribution in [2.75, 3.05) is 18.6 Å². The Morgan fingerprint density at radius 1 is 1.65 bits per heavy atom. The highest BCUT2D eigenvalue weighted by molar-refractivity contribution is 5.81. The van der Waals surface area contributed by atoms with Crippen LogP contribution < -0.4 is 4.90 Å². The molecule has 0 N–H and O–H groups in total. The SMILES string of the molecule is CCc1ncnc(N2CCC2C(=O)OC)c1F. The van der Waals surface area contributed by atoms with Gasteiger partial charge in [0.05, 0.1) is 12.8 Å². The number of rotatable bonds is 3. The molecular weight excluding hydrogens is 225 g/mol. The predicted molar refractivity (Wildman–Crippen MR) is 59.1 cm³/mol. The van der Waals surface area contributed by atoms with Gasteiger partial charge in [-0.2, -0.15) is 0 Å². The first-order valence-electron chi connectivity index (χ1n) is 5.52. The number of carbonyl (C=O) groups is 1. The molecule has 2 rings (SSSR count). The van der Waals surface area contributed by atoms with E-state index in [-0.39, 0.29) is 11.8 Å². The number of aryl methyl sites for hydroxylation is 1. The van der Waals surface area contributed by atoms with Gasteiger partial charge in [0.2, 0.25) is 0 Å². The molecule has 1 saturated heterocycles. The van der Waals surface area contributed by atoms with E-state index in [2.05, 4.69) is 14.7 Å². The zero-order valence-electron chi connectivity index (χ0n) is 9.81. The predicted octanol–water partition coefficient (Wildman–Crippen LogP) is 0.930. The van der Waals surface area contributed by atoms with Crippen LogP contribution in [0.3, 0.4) is 0 Å². The van der Waals surface area contributed by atoms with Gasteiger partial charge in [-0.25, -0.2) is 19.2 Å². The number of ether oxygens (including phenoxy) is 1. The lowest BCUT2D eigenvalue weighted by Crippen LogP contribution is -2.53. The van der Waals surface area contributed by atoms with Gasteiger partial charge in [-0.1, -0.05) is 6.92 Å². The van der Waals surface area contributed by atoms with Gasteiger partial charge in [0.25, 0.3) is 0 Å². The van der Waals surface area contributed by atoms with Crippen molar-refractivity contribution in [3.8, 4) is 0 Å². The molecule has 0 amide bonds. The molecule has 0 aliphatic carbocycles. The number of hydrogen-bond acceptors (Lipinski definition) is 5. The Morgan fingerprint density at radius 2 is 2.41 bits per heavy atom. The number of anilines is 1. The third kappa shape index (κ3) is 1.94. The van der Waals surface area contributed by atoms with Crippen LogP contribution in [0.15, 0.2) is 6.33 Å². The van der Waals surface area contributed by atoms with E-state index < -0.39 is 11.9 Å². The van der Waals surface area contributed by atoms with Crippen molar-refractivity contribution >= 4 is 11.8 Å². The van der Waals surface area contributed by atoms with E-state index in [0.29, 0.717) is 25.1 Å². The van der Waals surface area contributed by atoms with Crippen LogP contribution in [0.25, 0.3) is 0 Å². The maximum atomic E-state index is 14.0. The first-order valence-corrected chi connectivity index (χ1v) is 5.52. The number of methoxy groups -OCH3 is 1. The van der Waals surface area contributed by atoms with E-state index in [1.165, 1.54) is 13.4 Å². The number of carbonyl (C=O) groups excluding carboxylic acids is 1. The maximum Gasteiger partial charge on any atom is 0.328 e. The standard InChI is InChI=1S/C11H14FN3O2/c1-3-7-9(12)10(14-6-13-7)15-5-4-8(15)11(16)17-2/h6,8H,3-5H2,1-2H3. The smallest absolute Gasteiger partial charge is 0.328 e. The second kappa shape index (κ2) is 4.65. The van der Waals surface area contributed by atoms with Crippen LogP contribution in [0, 0.1) is 5.82 Å². The van der Waals surface area contributed by atoms with E-state index >= 15 is 0 Å². The van der Waals surface area contributed by atoms with Crippen LogP contribution in [-0.4, -0.2) is 35.6 Å². The average Bonchev–Trinajstić information content (AvgIpc) is 2.30. The van der Waals surface area contributed by atoms with Crippen molar-refractivity contribution < 1.29 is 13.9 Å². The largest absolute Gasteiger partial charge is 0.467 e. The lowest BCUT2D eigenvalue weighted by Gasteiger charge is -2.39. The molecular formula is C11H14FN3O2. The summed E-state index contributed by atoms with van der Waals surface area (Å²) in [6.45, 7) is 2.43. The monoisotopic (exact) mass is 239 g/mol. The number of halogens is 1. The molecule has 2 heterocycles. The van der Waals surface area contributed by atoms with Crippen molar-refractivity contribution in [3.63, 3.8) is 0 Å². The second-order valence-electron chi connectivity index (χ2n) is 3.83. The Balaban J connectivity index is 2.26.